The van der Waals surface area contributed by atoms with Crippen molar-refractivity contribution in [3.63, 3.8) is 0 Å². The molecule has 3 aromatic rings. The Balaban J connectivity index is 1.62. The lowest BCUT2D eigenvalue weighted by atomic mass is 10.2. The van der Waals surface area contributed by atoms with Crippen molar-refractivity contribution in [2.24, 2.45) is 0 Å². The first-order chi connectivity index (χ1) is 16.3. The fraction of sp³-hybridized carbons (Fsp3) is 0.227. The summed E-state index contributed by atoms with van der Waals surface area (Å²) in [6.45, 7) is 1.39. The number of amides is 1. The molecule has 12 heteroatoms. The summed E-state index contributed by atoms with van der Waals surface area (Å²) in [5, 5.41) is 11.4. The number of non-ortho nitro benzene ring substituents is 1. The molecule has 0 saturated carbocycles. The fourth-order valence-electron chi connectivity index (χ4n) is 3.74. The minimum Gasteiger partial charge on any atom is -0.495 e. The number of para-hydroxylation sites is 2. The topological polar surface area (TPSA) is 135 Å². The number of nitro groups is 1. The number of nitrogens with one attached hydrogen (secondary N) is 1. The zero-order chi connectivity index (χ0) is 24.3. The largest absolute Gasteiger partial charge is 0.495 e. The lowest BCUT2D eigenvalue weighted by molar-refractivity contribution is -0.385. The molecule has 1 aliphatic heterocycles. The third kappa shape index (κ3) is 4.66. The van der Waals surface area contributed by atoms with Gasteiger partial charge in [-0.25, -0.2) is 8.42 Å². The number of hydrogen-bond donors (Lipinski definition) is 1. The van der Waals surface area contributed by atoms with Gasteiger partial charge in [0.2, 0.25) is 0 Å². The molecular weight excluding hydrogens is 464 g/mol. The SMILES string of the molecule is COc1ccccc1NS(=O)(=O)c1cc([N+](=O)[O-])ccc1N1CCN(C(=O)c2ccoc2)CC1. The number of carbonyl (C=O) groups is 1. The Morgan fingerprint density at radius 1 is 1.12 bits per heavy atom. The zero-order valence-corrected chi connectivity index (χ0v) is 19.0. The smallest absolute Gasteiger partial charge is 0.270 e. The summed E-state index contributed by atoms with van der Waals surface area (Å²) in [5.41, 5.74) is 0.604. The average molecular weight is 487 g/mol. The molecule has 0 bridgehead atoms. The third-order valence-electron chi connectivity index (χ3n) is 5.47. The maximum absolute atomic E-state index is 13.3. The second kappa shape index (κ2) is 9.43. The van der Waals surface area contributed by atoms with Crippen molar-refractivity contribution in [2.75, 3.05) is 42.9 Å². The molecule has 0 spiro atoms. The molecule has 1 saturated heterocycles. The molecule has 0 radical (unpaired) electrons. The van der Waals surface area contributed by atoms with E-state index in [0.29, 0.717) is 43.2 Å². The van der Waals surface area contributed by atoms with Crippen LogP contribution in [0.15, 0.2) is 70.4 Å². The van der Waals surface area contributed by atoms with Crippen LogP contribution in [0.1, 0.15) is 10.4 Å². The van der Waals surface area contributed by atoms with Gasteiger partial charge >= 0.3 is 0 Å². The number of nitrogens with zero attached hydrogens (tertiary/aromatic N) is 3. The number of rotatable bonds is 7. The van der Waals surface area contributed by atoms with Crippen LogP contribution in [0.5, 0.6) is 5.75 Å². The van der Waals surface area contributed by atoms with Gasteiger partial charge < -0.3 is 19.0 Å². The average Bonchev–Trinajstić information content (AvgIpc) is 3.38. The molecule has 1 amide bonds. The Labute approximate surface area is 195 Å². The number of methoxy groups -OCH3 is 1. The maximum atomic E-state index is 13.3. The second-order valence-corrected chi connectivity index (χ2v) is 9.16. The maximum Gasteiger partial charge on any atom is 0.270 e. The van der Waals surface area contributed by atoms with E-state index in [1.807, 2.05) is 0 Å². The summed E-state index contributed by atoms with van der Waals surface area (Å²) in [6.07, 6.45) is 2.80. The van der Waals surface area contributed by atoms with E-state index in [1.54, 1.807) is 34.1 Å². The summed E-state index contributed by atoms with van der Waals surface area (Å²) in [6, 6.07) is 11.8. The molecule has 1 aliphatic rings. The lowest BCUT2D eigenvalue weighted by Gasteiger charge is -2.36. The van der Waals surface area contributed by atoms with Gasteiger partial charge in [-0.2, -0.15) is 0 Å². The number of ether oxygens (including phenoxy) is 1. The highest BCUT2D eigenvalue weighted by Gasteiger charge is 2.29. The van der Waals surface area contributed by atoms with E-state index in [-0.39, 0.29) is 22.2 Å². The molecule has 178 valence electrons. The monoisotopic (exact) mass is 486 g/mol. The molecule has 0 atom stereocenters. The molecule has 4 rings (SSSR count). The van der Waals surface area contributed by atoms with Crippen LogP contribution in [-0.4, -0.2) is 57.4 Å². The summed E-state index contributed by atoms with van der Waals surface area (Å²) >= 11 is 0. The van der Waals surface area contributed by atoms with Gasteiger partial charge in [-0.1, -0.05) is 12.1 Å². The number of hydrogen-bond acceptors (Lipinski definition) is 8. The molecule has 34 heavy (non-hydrogen) atoms. The minimum atomic E-state index is -4.22. The van der Waals surface area contributed by atoms with Crippen LogP contribution in [0.25, 0.3) is 0 Å². The van der Waals surface area contributed by atoms with Gasteiger partial charge in [-0.05, 0) is 24.3 Å². The van der Waals surface area contributed by atoms with Crippen molar-refractivity contribution in [2.45, 2.75) is 4.90 Å². The van der Waals surface area contributed by atoms with E-state index in [4.69, 9.17) is 9.15 Å². The van der Waals surface area contributed by atoms with Crippen molar-refractivity contribution < 1.29 is 27.3 Å². The van der Waals surface area contributed by atoms with Crippen molar-refractivity contribution in [3.8, 4) is 5.75 Å². The van der Waals surface area contributed by atoms with Crippen molar-refractivity contribution in [3.05, 3.63) is 76.7 Å². The van der Waals surface area contributed by atoms with Gasteiger partial charge in [0, 0.05) is 38.3 Å². The van der Waals surface area contributed by atoms with E-state index in [9.17, 15) is 23.3 Å². The first kappa shape index (κ1) is 23.1. The molecule has 2 aromatic carbocycles. The number of anilines is 2. The molecule has 1 N–H and O–H groups in total. The number of sulfonamides is 1. The van der Waals surface area contributed by atoms with Crippen LogP contribution in [0, 0.1) is 10.1 Å². The van der Waals surface area contributed by atoms with Crippen molar-refractivity contribution in [1.29, 1.82) is 0 Å². The predicted octanol–water partition coefficient (Wildman–Crippen LogP) is 2.96. The summed E-state index contributed by atoms with van der Waals surface area (Å²) in [7, 11) is -2.80. The summed E-state index contributed by atoms with van der Waals surface area (Å²) in [5.74, 6) is 0.132. The predicted molar refractivity (Wildman–Crippen MR) is 124 cm³/mol. The van der Waals surface area contributed by atoms with E-state index < -0.39 is 14.9 Å². The summed E-state index contributed by atoms with van der Waals surface area (Å²) in [4.78, 5) is 26.5. The van der Waals surface area contributed by atoms with Crippen LogP contribution in [0.3, 0.4) is 0 Å². The van der Waals surface area contributed by atoms with Crippen molar-refractivity contribution >= 4 is 33.0 Å². The van der Waals surface area contributed by atoms with E-state index in [0.717, 1.165) is 6.07 Å². The van der Waals surface area contributed by atoms with Crippen LogP contribution in [0.4, 0.5) is 17.1 Å². The van der Waals surface area contributed by atoms with E-state index in [2.05, 4.69) is 4.72 Å². The van der Waals surface area contributed by atoms with Crippen LogP contribution in [-0.2, 0) is 10.0 Å². The first-order valence-electron chi connectivity index (χ1n) is 10.3. The molecular formula is C22H22N4O7S. The fourth-order valence-corrected chi connectivity index (χ4v) is 5.06. The molecule has 0 unspecified atom stereocenters. The quantitative estimate of drug-likeness (QED) is 0.398. The number of nitro benzene ring substituents is 1. The van der Waals surface area contributed by atoms with Gasteiger partial charge in [-0.3, -0.25) is 19.6 Å². The van der Waals surface area contributed by atoms with Gasteiger partial charge in [0.1, 0.15) is 16.9 Å². The van der Waals surface area contributed by atoms with Crippen molar-refractivity contribution in [1.82, 2.24) is 4.90 Å². The van der Waals surface area contributed by atoms with Gasteiger partial charge in [0.15, 0.2) is 0 Å². The summed E-state index contributed by atoms with van der Waals surface area (Å²) < 4.78 is 39.3. The first-order valence-corrected chi connectivity index (χ1v) is 11.8. The van der Waals surface area contributed by atoms with E-state index in [1.165, 1.54) is 37.8 Å². The van der Waals surface area contributed by atoms with Gasteiger partial charge in [0.25, 0.3) is 21.6 Å². The van der Waals surface area contributed by atoms with Crippen LogP contribution < -0.4 is 14.4 Å². The van der Waals surface area contributed by atoms with Crippen LogP contribution >= 0.6 is 0 Å². The Hall–Kier alpha value is -4.06. The number of furan rings is 1. The van der Waals surface area contributed by atoms with Gasteiger partial charge in [0.05, 0.1) is 35.2 Å². The Bertz CT molecular complexity index is 1300. The number of piperazine rings is 1. The van der Waals surface area contributed by atoms with Crippen LogP contribution in [0.2, 0.25) is 0 Å². The molecule has 2 heterocycles. The second-order valence-electron chi connectivity index (χ2n) is 7.51. The molecule has 0 aliphatic carbocycles. The highest BCUT2D eigenvalue weighted by atomic mass is 32.2. The number of carbonyl (C=O) groups excluding carboxylic acids is 1. The van der Waals surface area contributed by atoms with Gasteiger partial charge in [-0.15, -0.1) is 0 Å². The Morgan fingerprint density at radius 3 is 2.50 bits per heavy atom. The standard InChI is InChI=1S/C22H22N4O7S/c1-32-20-5-3-2-4-18(20)23-34(30,31)21-14-17(26(28)29)6-7-19(21)24-9-11-25(12-10-24)22(27)16-8-13-33-15-16/h2-8,13-15,23H,9-12H2,1H3. The minimum absolute atomic E-state index is 0.178. The normalized spacial score (nSPS) is 14.0. The molecule has 1 aromatic heterocycles. The van der Waals surface area contributed by atoms with E-state index >= 15 is 0 Å². The Kier molecular flexibility index (Phi) is 6.41. The zero-order valence-electron chi connectivity index (χ0n) is 18.2. The Morgan fingerprint density at radius 2 is 1.85 bits per heavy atom. The third-order valence-corrected chi connectivity index (χ3v) is 6.87. The number of benzene rings is 2. The highest BCUT2D eigenvalue weighted by Crippen LogP contribution is 2.33. The lowest BCUT2D eigenvalue weighted by Crippen LogP contribution is -2.49. The molecule has 11 nitrogen and oxygen atoms in total. The molecule has 1 fully saturated rings. The highest BCUT2D eigenvalue weighted by molar-refractivity contribution is 7.93.